The number of nitrogens with zero attached hydrogens (tertiary/aromatic N) is 1. The van der Waals surface area contributed by atoms with Gasteiger partial charge >= 0.3 is 0 Å². The van der Waals surface area contributed by atoms with E-state index in [2.05, 4.69) is 43.6 Å². The lowest BCUT2D eigenvalue weighted by molar-refractivity contribution is 0.501. The fourth-order valence-corrected chi connectivity index (χ4v) is 1.65. The Labute approximate surface area is 87.1 Å². The molecule has 1 heterocycles. The predicted molar refractivity (Wildman–Crippen MR) is 63.0 cm³/mol. The van der Waals surface area contributed by atoms with Crippen molar-refractivity contribution in [2.75, 3.05) is 7.05 Å². The summed E-state index contributed by atoms with van der Waals surface area (Å²) in [5.74, 6) is 0. The fourth-order valence-electron chi connectivity index (χ4n) is 1.65. The third-order valence-corrected chi connectivity index (χ3v) is 2.44. The molecule has 1 aromatic carbocycles. The molecule has 0 bridgehead atoms. The summed E-state index contributed by atoms with van der Waals surface area (Å²) in [6, 6.07) is 6.56. The minimum absolute atomic E-state index is 1.01. The fraction of sp³-hybridized carbons (Fsp3) is 0.385. The van der Waals surface area contributed by atoms with Crippen molar-refractivity contribution in [2.24, 2.45) is 0 Å². The molecule has 1 aliphatic heterocycles. The van der Waals surface area contributed by atoms with Crippen LogP contribution in [0.1, 0.15) is 30.5 Å². The lowest BCUT2D eigenvalue weighted by atomic mass is 10.1. The standard InChI is InChI=1S/C11H13N.C2H6/c1-8-4-5-10-7-12(3)9(2)11(10)6-8;1-2/h4-6H,2,7H2,1,3H3;1-2H3. The van der Waals surface area contributed by atoms with Gasteiger partial charge in [0, 0.05) is 24.9 Å². The highest BCUT2D eigenvalue weighted by molar-refractivity contribution is 5.69. The van der Waals surface area contributed by atoms with E-state index in [0.29, 0.717) is 0 Å². The summed E-state index contributed by atoms with van der Waals surface area (Å²) in [5.41, 5.74) is 5.17. The van der Waals surface area contributed by atoms with E-state index in [-0.39, 0.29) is 0 Å². The molecule has 1 heteroatoms. The van der Waals surface area contributed by atoms with Crippen LogP contribution in [0.25, 0.3) is 5.70 Å². The average Bonchev–Trinajstić information content (AvgIpc) is 2.48. The summed E-state index contributed by atoms with van der Waals surface area (Å²) >= 11 is 0. The second kappa shape index (κ2) is 4.32. The summed E-state index contributed by atoms with van der Waals surface area (Å²) in [6.07, 6.45) is 0. The summed E-state index contributed by atoms with van der Waals surface area (Å²) in [7, 11) is 2.08. The van der Waals surface area contributed by atoms with Gasteiger partial charge in [-0.3, -0.25) is 0 Å². The van der Waals surface area contributed by atoms with Crippen molar-refractivity contribution < 1.29 is 0 Å². The first-order valence-corrected chi connectivity index (χ1v) is 5.18. The minimum atomic E-state index is 1.01. The van der Waals surface area contributed by atoms with E-state index < -0.39 is 0 Å². The van der Waals surface area contributed by atoms with Crippen molar-refractivity contribution in [3.63, 3.8) is 0 Å². The van der Waals surface area contributed by atoms with E-state index in [4.69, 9.17) is 0 Å². The Balaban J connectivity index is 0.000000461. The molecule has 0 aliphatic carbocycles. The molecule has 0 N–H and O–H groups in total. The van der Waals surface area contributed by atoms with Crippen molar-refractivity contribution in [1.82, 2.24) is 4.90 Å². The van der Waals surface area contributed by atoms with Gasteiger partial charge in [-0.15, -0.1) is 0 Å². The molecule has 0 fully saturated rings. The van der Waals surface area contributed by atoms with Crippen LogP contribution < -0.4 is 0 Å². The van der Waals surface area contributed by atoms with E-state index in [1.807, 2.05) is 13.8 Å². The zero-order chi connectivity index (χ0) is 10.7. The maximum Gasteiger partial charge on any atom is 0.0432 e. The van der Waals surface area contributed by atoms with Gasteiger partial charge in [0.25, 0.3) is 0 Å². The quantitative estimate of drug-likeness (QED) is 0.604. The molecule has 1 aromatic rings. The van der Waals surface area contributed by atoms with Crippen molar-refractivity contribution in [3.05, 3.63) is 41.5 Å². The molecular weight excluding hydrogens is 170 g/mol. The lowest BCUT2D eigenvalue weighted by Crippen LogP contribution is -2.05. The van der Waals surface area contributed by atoms with Crippen molar-refractivity contribution in [3.8, 4) is 0 Å². The average molecular weight is 189 g/mol. The Morgan fingerprint density at radius 1 is 1.29 bits per heavy atom. The highest BCUT2D eigenvalue weighted by Gasteiger charge is 2.18. The normalized spacial score (nSPS) is 13.4. The van der Waals surface area contributed by atoms with Gasteiger partial charge in [0.15, 0.2) is 0 Å². The van der Waals surface area contributed by atoms with Crippen LogP contribution in [-0.2, 0) is 6.54 Å². The summed E-state index contributed by atoms with van der Waals surface area (Å²) in [6.45, 7) is 11.2. The number of aryl methyl sites for hydroxylation is 1. The monoisotopic (exact) mass is 189 g/mol. The van der Waals surface area contributed by atoms with Gasteiger partial charge in [0.1, 0.15) is 0 Å². The number of hydrogen-bond acceptors (Lipinski definition) is 1. The van der Waals surface area contributed by atoms with Gasteiger partial charge in [-0.05, 0) is 18.6 Å². The topological polar surface area (TPSA) is 3.24 Å². The molecule has 1 aliphatic rings. The first-order chi connectivity index (χ1) is 6.68. The molecule has 1 nitrogen and oxygen atoms in total. The Hall–Kier alpha value is -1.24. The first-order valence-electron chi connectivity index (χ1n) is 5.18. The zero-order valence-corrected chi connectivity index (χ0v) is 9.59. The maximum absolute atomic E-state index is 4.04. The minimum Gasteiger partial charge on any atom is -0.370 e. The molecule has 0 amide bonds. The van der Waals surface area contributed by atoms with Gasteiger partial charge in [0.05, 0.1) is 0 Å². The van der Waals surface area contributed by atoms with Crippen LogP contribution in [0.3, 0.4) is 0 Å². The molecule has 0 unspecified atom stereocenters. The van der Waals surface area contributed by atoms with Crippen LogP contribution in [-0.4, -0.2) is 11.9 Å². The Kier molecular flexibility index (Phi) is 3.34. The summed E-state index contributed by atoms with van der Waals surface area (Å²) < 4.78 is 0. The van der Waals surface area contributed by atoms with E-state index in [1.165, 1.54) is 16.7 Å². The zero-order valence-electron chi connectivity index (χ0n) is 9.59. The van der Waals surface area contributed by atoms with Crippen molar-refractivity contribution in [2.45, 2.75) is 27.3 Å². The van der Waals surface area contributed by atoms with Gasteiger partial charge in [-0.2, -0.15) is 0 Å². The van der Waals surface area contributed by atoms with Crippen LogP contribution in [0, 0.1) is 6.92 Å². The first kappa shape index (κ1) is 10.8. The van der Waals surface area contributed by atoms with Crippen LogP contribution in [0.15, 0.2) is 24.8 Å². The predicted octanol–water partition coefficient (Wildman–Crippen LogP) is 3.44. The van der Waals surface area contributed by atoms with Gasteiger partial charge < -0.3 is 4.90 Å². The van der Waals surface area contributed by atoms with Crippen LogP contribution in [0.4, 0.5) is 0 Å². The lowest BCUT2D eigenvalue weighted by Gasteiger charge is -2.10. The van der Waals surface area contributed by atoms with Crippen LogP contribution in [0.2, 0.25) is 0 Å². The largest absolute Gasteiger partial charge is 0.370 e. The summed E-state index contributed by atoms with van der Waals surface area (Å²) in [5, 5.41) is 0. The van der Waals surface area contributed by atoms with Crippen molar-refractivity contribution >= 4 is 5.70 Å². The van der Waals surface area contributed by atoms with Crippen molar-refractivity contribution in [1.29, 1.82) is 0 Å². The molecule has 0 aromatic heterocycles. The maximum atomic E-state index is 4.04. The van der Waals surface area contributed by atoms with Crippen LogP contribution >= 0.6 is 0 Å². The molecule has 0 radical (unpaired) electrons. The highest BCUT2D eigenvalue weighted by Crippen LogP contribution is 2.30. The second-order valence-corrected chi connectivity index (χ2v) is 3.46. The number of hydrogen-bond donors (Lipinski definition) is 0. The Morgan fingerprint density at radius 3 is 2.57 bits per heavy atom. The molecule has 14 heavy (non-hydrogen) atoms. The van der Waals surface area contributed by atoms with Gasteiger partial charge in [-0.1, -0.05) is 38.1 Å². The molecular formula is C13H19N. The smallest absolute Gasteiger partial charge is 0.0432 e. The number of benzene rings is 1. The summed E-state index contributed by atoms with van der Waals surface area (Å²) in [4.78, 5) is 2.18. The highest BCUT2D eigenvalue weighted by atomic mass is 15.1. The third-order valence-electron chi connectivity index (χ3n) is 2.44. The molecule has 2 rings (SSSR count). The van der Waals surface area contributed by atoms with Gasteiger partial charge in [0.2, 0.25) is 0 Å². The molecule has 76 valence electrons. The van der Waals surface area contributed by atoms with E-state index >= 15 is 0 Å². The molecule has 0 saturated carbocycles. The number of rotatable bonds is 0. The Bertz CT molecular complexity index is 339. The third kappa shape index (κ3) is 1.82. The van der Waals surface area contributed by atoms with E-state index in [1.54, 1.807) is 0 Å². The van der Waals surface area contributed by atoms with Gasteiger partial charge in [-0.25, -0.2) is 0 Å². The molecule has 0 atom stereocenters. The second-order valence-electron chi connectivity index (χ2n) is 3.46. The van der Waals surface area contributed by atoms with E-state index in [0.717, 1.165) is 12.2 Å². The van der Waals surface area contributed by atoms with E-state index in [9.17, 15) is 0 Å². The Morgan fingerprint density at radius 2 is 1.93 bits per heavy atom. The SMILES string of the molecule is C=C1c2cc(C)ccc2CN1C.CC. The number of fused-ring (bicyclic) bond motifs is 1. The van der Waals surface area contributed by atoms with Crippen LogP contribution in [0.5, 0.6) is 0 Å². The molecule has 0 saturated heterocycles. The molecule has 0 spiro atoms.